The summed E-state index contributed by atoms with van der Waals surface area (Å²) in [6.45, 7) is 17.9. The molecule has 0 aliphatic heterocycles. The Morgan fingerprint density at radius 2 is 1.62 bits per heavy atom. The number of likely N-dealkylation sites (N-methyl/N-ethyl adjacent to an activating group) is 1. The Morgan fingerprint density at radius 3 is 2.10 bits per heavy atom. The van der Waals surface area contributed by atoms with Gasteiger partial charge in [-0.05, 0) is 44.8 Å². The molecule has 0 radical (unpaired) electrons. The number of rotatable bonds is 9. The summed E-state index contributed by atoms with van der Waals surface area (Å²) in [5, 5.41) is 3.74. The summed E-state index contributed by atoms with van der Waals surface area (Å²) >= 11 is 0. The highest BCUT2D eigenvalue weighted by Crippen LogP contribution is 2.19. The Bertz CT molecular complexity index is 392. The van der Waals surface area contributed by atoms with Crippen LogP contribution >= 0.6 is 0 Å². The van der Waals surface area contributed by atoms with Crippen molar-refractivity contribution in [2.45, 2.75) is 54.0 Å². The normalized spacial score (nSPS) is 13.1. The molecule has 0 amide bonds. The zero-order chi connectivity index (χ0) is 15.8. The molecule has 0 saturated heterocycles. The fourth-order valence-electron chi connectivity index (χ4n) is 2.92. The van der Waals surface area contributed by atoms with Crippen molar-refractivity contribution in [2.75, 3.05) is 26.2 Å². The van der Waals surface area contributed by atoms with Crippen LogP contribution in [0.1, 0.15) is 56.8 Å². The predicted molar refractivity (Wildman–Crippen MR) is 93.9 cm³/mol. The molecule has 0 aromatic heterocycles. The van der Waals surface area contributed by atoms with Gasteiger partial charge in [-0.15, -0.1) is 0 Å². The molecule has 0 aliphatic carbocycles. The first-order valence-corrected chi connectivity index (χ1v) is 8.50. The van der Waals surface area contributed by atoms with Crippen LogP contribution in [-0.4, -0.2) is 31.1 Å². The summed E-state index contributed by atoms with van der Waals surface area (Å²) in [5.74, 6) is 0.719. The van der Waals surface area contributed by atoms with Gasteiger partial charge in [-0.3, -0.25) is 0 Å². The van der Waals surface area contributed by atoms with E-state index in [1.165, 1.54) is 29.7 Å². The second kappa shape index (κ2) is 9.22. The number of nitrogens with one attached hydrogen (secondary N) is 1. The van der Waals surface area contributed by atoms with Crippen molar-refractivity contribution in [3.05, 3.63) is 34.9 Å². The average Bonchev–Trinajstić information content (AvgIpc) is 2.40. The molecule has 2 heteroatoms. The van der Waals surface area contributed by atoms with Crippen molar-refractivity contribution < 1.29 is 0 Å². The first-order valence-electron chi connectivity index (χ1n) is 8.50. The first-order chi connectivity index (χ1) is 9.96. The summed E-state index contributed by atoms with van der Waals surface area (Å²) in [6.07, 6.45) is 1.18. The third-order valence-electron chi connectivity index (χ3n) is 3.80. The van der Waals surface area contributed by atoms with E-state index in [2.05, 4.69) is 70.0 Å². The number of benzene rings is 1. The van der Waals surface area contributed by atoms with Crippen molar-refractivity contribution in [2.24, 2.45) is 5.92 Å². The van der Waals surface area contributed by atoms with Crippen molar-refractivity contribution >= 4 is 0 Å². The Morgan fingerprint density at radius 1 is 1.00 bits per heavy atom. The first kappa shape index (κ1) is 18.2. The smallest absolute Gasteiger partial charge is 0.0449 e. The van der Waals surface area contributed by atoms with Gasteiger partial charge in [0.15, 0.2) is 0 Å². The van der Waals surface area contributed by atoms with Gasteiger partial charge in [0.1, 0.15) is 0 Å². The van der Waals surface area contributed by atoms with E-state index in [1.54, 1.807) is 0 Å². The molecule has 120 valence electrons. The zero-order valence-corrected chi connectivity index (χ0v) is 14.9. The maximum Gasteiger partial charge on any atom is 0.0449 e. The Labute approximate surface area is 131 Å². The van der Waals surface area contributed by atoms with E-state index in [0.29, 0.717) is 6.04 Å². The highest BCUT2D eigenvalue weighted by Gasteiger charge is 2.16. The van der Waals surface area contributed by atoms with Crippen LogP contribution < -0.4 is 5.32 Å². The van der Waals surface area contributed by atoms with Crippen LogP contribution in [0.4, 0.5) is 0 Å². The highest BCUT2D eigenvalue weighted by atomic mass is 15.1. The lowest BCUT2D eigenvalue weighted by Gasteiger charge is -2.29. The maximum atomic E-state index is 3.74. The van der Waals surface area contributed by atoms with E-state index in [-0.39, 0.29) is 0 Å². The molecule has 0 aliphatic rings. The maximum absolute atomic E-state index is 3.74. The molecule has 0 saturated carbocycles. The zero-order valence-electron chi connectivity index (χ0n) is 14.9. The van der Waals surface area contributed by atoms with Gasteiger partial charge in [0, 0.05) is 19.1 Å². The van der Waals surface area contributed by atoms with E-state index in [4.69, 9.17) is 0 Å². The van der Waals surface area contributed by atoms with Crippen molar-refractivity contribution in [3.63, 3.8) is 0 Å². The van der Waals surface area contributed by atoms with Crippen molar-refractivity contribution in [1.29, 1.82) is 0 Å². The summed E-state index contributed by atoms with van der Waals surface area (Å²) in [4.78, 5) is 2.57. The predicted octanol–water partition coefficient (Wildman–Crippen LogP) is 4.32. The van der Waals surface area contributed by atoms with Gasteiger partial charge in [-0.25, -0.2) is 0 Å². The molecule has 0 fully saturated rings. The molecule has 1 aromatic carbocycles. The van der Waals surface area contributed by atoms with Crippen LogP contribution in [0.2, 0.25) is 0 Å². The van der Waals surface area contributed by atoms with E-state index in [9.17, 15) is 0 Å². The molecule has 1 rings (SSSR count). The highest BCUT2D eigenvalue weighted by molar-refractivity contribution is 5.31. The SMILES string of the molecule is CCCNC(CN(CC)CC(C)C)c1cc(C)cc(C)c1. The monoisotopic (exact) mass is 290 g/mol. The summed E-state index contributed by atoms with van der Waals surface area (Å²) in [6, 6.07) is 7.36. The van der Waals surface area contributed by atoms with Crippen LogP contribution in [0.25, 0.3) is 0 Å². The molecule has 1 N–H and O–H groups in total. The van der Waals surface area contributed by atoms with E-state index in [0.717, 1.165) is 25.6 Å². The molecule has 2 nitrogen and oxygen atoms in total. The van der Waals surface area contributed by atoms with Crippen LogP contribution in [0.3, 0.4) is 0 Å². The minimum Gasteiger partial charge on any atom is -0.309 e. The standard InChI is InChI=1S/C19H34N2/c1-7-9-20-19(14-21(8-2)13-15(3)4)18-11-16(5)10-17(6)12-18/h10-12,15,19-20H,7-9,13-14H2,1-6H3. The fourth-order valence-corrected chi connectivity index (χ4v) is 2.92. The Balaban J connectivity index is 2.87. The number of aryl methyl sites for hydroxylation is 2. The van der Waals surface area contributed by atoms with Crippen LogP contribution in [0, 0.1) is 19.8 Å². The molecule has 1 atom stereocenters. The van der Waals surface area contributed by atoms with Crippen LogP contribution in [0.5, 0.6) is 0 Å². The lowest BCUT2D eigenvalue weighted by molar-refractivity contribution is 0.228. The molecule has 1 aromatic rings. The minimum atomic E-state index is 0.433. The molecule has 21 heavy (non-hydrogen) atoms. The van der Waals surface area contributed by atoms with Gasteiger partial charge in [0.05, 0.1) is 0 Å². The molecule has 1 unspecified atom stereocenters. The van der Waals surface area contributed by atoms with Gasteiger partial charge in [-0.2, -0.15) is 0 Å². The average molecular weight is 290 g/mol. The molecule has 0 spiro atoms. The number of nitrogens with zero attached hydrogens (tertiary/aromatic N) is 1. The quantitative estimate of drug-likeness (QED) is 0.728. The van der Waals surface area contributed by atoms with Gasteiger partial charge in [0.25, 0.3) is 0 Å². The summed E-state index contributed by atoms with van der Waals surface area (Å²) < 4.78 is 0. The Kier molecular flexibility index (Phi) is 7.98. The molecular weight excluding hydrogens is 256 g/mol. The van der Waals surface area contributed by atoms with Crippen LogP contribution in [-0.2, 0) is 0 Å². The van der Waals surface area contributed by atoms with Gasteiger partial charge in [0.2, 0.25) is 0 Å². The van der Waals surface area contributed by atoms with Gasteiger partial charge >= 0.3 is 0 Å². The van der Waals surface area contributed by atoms with E-state index >= 15 is 0 Å². The van der Waals surface area contributed by atoms with Crippen molar-refractivity contribution in [3.8, 4) is 0 Å². The van der Waals surface area contributed by atoms with Crippen LogP contribution in [0.15, 0.2) is 18.2 Å². The third kappa shape index (κ3) is 6.62. The fraction of sp³-hybridized carbons (Fsp3) is 0.684. The summed E-state index contributed by atoms with van der Waals surface area (Å²) in [7, 11) is 0. The Hall–Kier alpha value is -0.860. The number of hydrogen-bond donors (Lipinski definition) is 1. The summed E-state index contributed by atoms with van der Waals surface area (Å²) in [5.41, 5.74) is 4.16. The topological polar surface area (TPSA) is 15.3 Å². The van der Waals surface area contributed by atoms with Crippen molar-refractivity contribution in [1.82, 2.24) is 10.2 Å². The second-order valence-electron chi connectivity index (χ2n) is 6.67. The van der Waals surface area contributed by atoms with E-state index in [1.807, 2.05) is 0 Å². The number of hydrogen-bond acceptors (Lipinski definition) is 2. The van der Waals surface area contributed by atoms with E-state index < -0.39 is 0 Å². The third-order valence-corrected chi connectivity index (χ3v) is 3.80. The lowest BCUT2D eigenvalue weighted by Crippen LogP contribution is -2.37. The molecule has 0 bridgehead atoms. The van der Waals surface area contributed by atoms with Gasteiger partial charge in [-0.1, -0.05) is 57.0 Å². The minimum absolute atomic E-state index is 0.433. The van der Waals surface area contributed by atoms with Gasteiger partial charge < -0.3 is 10.2 Å². The largest absolute Gasteiger partial charge is 0.309 e. The lowest BCUT2D eigenvalue weighted by atomic mass is 10.0. The second-order valence-corrected chi connectivity index (χ2v) is 6.67. The molecular formula is C19H34N2. The molecule has 0 heterocycles.